The lowest BCUT2D eigenvalue weighted by Gasteiger charge is -2.05. The third-order valence-corrected chi connectivity index (χ3v) is 2.96. The number of aromatic nitrogens is 4. The first kappa shape index (κ1) is 11.7. The van der Waals surface area contributed by atoms with Crippen molar-refractivity contribution in [2.24, 2.45) is 0 Å². The maximum atomic E-state index is 5.59. The Labute approximate surface area is 103 Å². The van der Waals surface area contributed by atoms with Gasteiger partial charge in [-0.1, -0.05) is 6.92 Å². The number of hydrogen-bond acceptors (Lipinski definition) is 7. The van der Waals surface area contributed by atoms with E-state index in [9.17, 15) is 0 Å². The molecule has 3 N–H and O–H groups in total. The van der Waals surface area contributed by atoms with E-state index >= 15 is 0 Å². The average Bonchev–Trinajstić information content (AvgIpc) is 2.81. The zero-order valence-corrected chi connectivity index (χ0v) is 10.4. The van der Waals surface area contributed by atoms with E-state index in [0.717, 1.165) is 24.4 Å². The monoisotopic (exact) mass is 250 g/mol. The van der Waals surface area contributed by atoms with Crippen molar-refractivity contribution < 1.29 is 0 Å². The number of rotatable bonds is 5. The van der Waals surface area contributed by atoms with Gasteiger partial charge in [0.25, 0.3) is 0 Å². The van der Waals surface area contributed by atoms with Crippen molar-refractivity contribution in [2.75, 3.05) is 17.6 Å². The Balaban J connectivity index is 1.92. The van der Waals surface area contributed by atoms with Crippen LogP contribution in [-0.4, -0.2) is 26.5 Å². The fraction of sp³-hybridized carbons (Fsp3) is 0.400. The smallest absolute Gasteiger partial charge is 0.227 e. The van der Waals surface area contributed by atoms with Gasteiger partial charge in [-0.3, -0.25) is 0 Å². The van der Waals surface area contributed by atoms with Crippen LogP contribution in [0.3, 0.4) is 0 Å². The molecule has 0 bridgehead atoms. The SMILES string of the molecule is CCc1nc(N)nc(NCCc2nccs2)n1. The lowest BCUT2D eigenvalue weighted by molar-refractivity contribution is 0.890. The lowest BCUT2D eigenvalue weighted by atomic mass is 10.4. The maximum Gasteiger partial charge on any atom is 0.227 e. The van der Waals surface area contributed by atoms with Gasteiger partial charge in [0.1, 0.15) is 5.82 Å². The highest BCUT2D eigenvalue weighted by molar-refractivity contribution is 7.09. The van der Waals surface area contributed by atoms with Crippen molar-refractivity contribution in [2.45, 2.75) is 19.8 Å². The largest absolute Gasteiger partial charge is 0.368 e. The van der Waals surface area contributed by atoms with E-state index in [1.54, 1.807) is 17.5 Å². The summed E-state index contributed by atoms with van der Waals surface area (Å²) in [5.74, 6) is 1.49. The van der Waals surface area contributed by atoms with Crippen LogP contribution in [-0.2, 0) is 12.8 Å². The van der Waals surface area contributed by atoms with Gasteiger partial charge in [-0.2, -0.15) is 15.0 Å². The Kier molecular flexibility index (Phi) is 3.81. The molecule has 2 aromatic rings. The van der Waals surface area contributed by atoms with Gasteiger partial charge >= 0.3 is 0 Å². The summed E-state index contributed by atoms with van der Waals surface area (Å²) in [6, 6.07) is 0. The van der Waals surface area contributed by atoms with Crippen molar-refractivity contribution in [3.8, 4) is 0 Å². The topological polar surface area (TPSA) is 89.6 Å². The summed E-state index contributed by atoms with van der Waals surface area (Å²) in [5, 5.41) is 6.18. The second kappa shape index (κ2) is 5.53. The Bertz CT molecular complexity index is 470. The molecule has 7 heteroatoms. The average molecular weight is 250 g/mol. The van der Waals surface area contributed by atoms with Gasteiger partial charge in [0.2, 0.25) is 11.9 Å². The van der Waals surface area contributed by atoms with Crippen LogP contribution in [0.15, 0.2) is 11.6 Å². The normalized spacial score (nSPS) is 10.4. The summed E-state index contributed by atoms with van der Waals surface area (Å²) in [7, 11) is 0. The predicted molar refractivity (Wildman–Crippen MR) is 67.9 cm³/mol. The number of aryl methyl sites for hydroxylation is 1. The van der Waals surface area contributed by atoms with E-state index in [2.05, 4.69) is 25.3 Å². The van der Waals surface area contributed by atoms with Crippen LogP contribution in [0.5, 0.6) is 0 Å². The number of anilines is 2. The summed E-state index contributed by atoms with van der Waals surface area (Å²) in [6.45, 7) is 2.72. The molecule has 90 valence electrons. The highest BCUT2D eigenvalue weighted by Gasteiger charge is 2.02. The molecule has 2 heterocycles. The minimum absolute atomic E-state index is 0.258. The Morgan fingerprint density at radius 1 is 1.35 bits per heavy atom. The maximum absolute atomic E-state index is 5.59. The quantitative estimate of drug-likeness (QED) is 0.826. The summed E-state index contributed by atoms with van der Waals surface area (Å²) >= 11 is 1.64. The minimum Gasteiger partial charge on any atom is -0.368 e. The minimum atomic E-state index is 0.258. The van der Waals surface area contributed by atoms with Crippen LogP contribution in [0.4, 0.5) is 11.9 Å². The third-order valence-electron chi connectivity index (χ3n) is 2.12. The first-order valence-corrected chi connectivity index (χ1v) is 6.28. The van der Waals surface area contributed by atoms with Gasteiger partial charge in [-0.05, 0) is 0 Å². The molecule has 0 aromatic carbocycles. The fourth-order valence-corrected chi connectivity index (χ4v) is 1.95. The molecule has 2 rings (SSSR count). The molecule has 0 aliphatic heterocycles. The number of nitrogens with one attached hydrogen (secondary N) is 1. The molecule has 2 aromatic heterocycles. The molecule has 0 unspecified atom stereocenters. The second-order valence-electron chi connectivity index (χ2n) is 3.39. The first-order valence-electron chi connectivity index (χ1n) is 5.40. The molecule has 0 radical (unpaired) electrons. The molecule has 0 fully saturated rings. The predicted octanol–water partition coefficient (Wildman–Crippen LogP) is 1.13. The molecule has 6 nitrogen and oxygen atoms in total. The molecule has 0 spiro atoms. The van der Waals surface area contributed by atoms with Crippen LogP contribution in [0.2, 0.25) is 0 Å². The highest BCUT2D eigenvalue weighted by atomic mass is 32.1. The van der Waals surface area contributed by atoms with Crippen molar-refractivity contribution in [1.29, 1.82) is 0 Å². The zero-order valence-electron chi connectivity index (χ0n) is 9.55. The van der Waals surface area contributed by atoms with E-state index in [-0.39, 0.29) is 5.95 Å². The lowest BCUT2D eigenvalue weighted by Crippen LogP contribution is -2.11. The zero-order chi connectivity index (χ0) is 12.1. The molecule has 0 amide bonds. The first-order chi connectivity index (χ1) is 8.28. The Hall–Kier alpha value is -1.76. The Morgan fingerprint density at radius 3 is 2.94 bits per heavy atom. The van der Waals surface area contributed by atoms with Crippen LogP contribution in [0.25, 0.3) is 0 Å². The van der Waals surface area contributed by atoms with Gasteiger partial charge in [0.05, 0.1) is 5.01 Å². The van der Waals surface area contributed by atoms with Crippen LogP contribution in [0.1, 0.15) is 17.8 Å². The summed E-state index contributed by atoms with van der Waals surface area (Å²) in [5.41, 5.74) is 5.59. The molecule has 0 atom stereocenters. The van der Waals surface area contributed by atoms with Crippen molar-refractivity contribution in [3.05, 3.63) is 22.4 Å². The van der Waals surface area contributed by atoms with Crippen LogP contribution in [0, 0.1) is 0 Å². The van der Waals surface area contributed by atoms with Crippen molar-refractivity contribution in [1.82, 2.24) is 19.9 Å². The van der Waals surface area contributed by atoms with Crippen LogP contribution < -0.4 is 11.1 Å². The molecular formula is C10H14N6S. The van der Waals surface area contributed by atoms with E-state index in [0.29, 0.717) is 11.8 Å². The van der Waals surface area contributed by atoms with E-state index in [1.165, 1.54) is 0 Å². The van der Waals surface area contributed by atoms with Gasteiger partial charge in [0, 0.05) is 31.0 Å². The molecule has 0 saturated heterocycles. The summed E-state index contributed by atoms with van der Waals surface area (Å²) in [6.07, 6.45) is 3.40. The molecule has 0 aliphatic carbocycles. The number of hydrogen-bond donors (Lipinski definition) is 2. The second-order valence-corrected chi connectivity index (χ2v) is 4.37. The number of nitrogens with zero attached hydrogens (tertiary/aromatic N) is 4. The van der Waals surface area contributed by atoms with Gasteiger partial charge in [-0.25, -0.2) is 4.98 Å². The van der Waals surface area contributed by atoms with Gasteiger partial charge in [0.15, 0.2) is 0 Å². The number of nitrogens with two attached hydrogens (primary N) is 1. The van der Waals surface area contributed by atoms with E-state index < -0.39 is 0 Å². The highest BCUT2D eigenvalue weighted by Crippen LogP contribution is 2.06. The molecule has 0 aliphatic rings. The van der Waals surface area contributed by atoms with Crippen LogP contribution >= 0.6 is 11.3 Å². The van der Waals surface area contributed by atoms with Crippen molar-refractivity contribution in [3.63, 3.8) is 0 Å². The third kappa shape index (κ3) is 3.35. The summed E-state index contributed by atoms with van der Waals surface area (Å²) < 4.78 is 0. The fourth-order valence-electron chi connectivity index (χ4n) is 1.33. The van der Waals surface area contributed by atoms with Crippen molar-refractivity contribution >= 4 is 23.2 Å². The Morgan fingerprint density at radius 2 is 2.24 bits per heavy atom. The standard InChI is InChI=1S/C10H14N6S/c1-2-7-14-9(11)16-10(15-7)13-4-3-8-12-5-6-17-8/h5-6H,2-4H2,1H3,(H3,11,13,14,15,16). The molecular weight excluding hydrogens is 236 g/mol. The van der Waals surface area contributed by atoms with Gasteiger partial charge < -0.3 is 11.1 Å². The molecule has 17 heavy (non-hydrogen) atoms. The summed E-state index contributed by atoms with van der Waals surface area (Å²) in [4.78, 5) is 16.5. The number of nitrogen functional groups attached to an aromatic ring is 1. The molecule has 0 saturated carbocycles. The van der Waals surface area contributed by atoms with E-state index in [1.807, 2.05) is 12.3 Å². The van der Waals surface area contributed by atoms with E-state index in [4.69, 9.17) is 5.73 Å². The number of thiazole rings is 1. The van der Waals surface area contributed by atoms with Gasteiger partial charge in [-0.15, -0.1) is 11.3 Å².